The minimum absolute atomic E-state index is 0.161. The van der Waals surface area contributed by atoms with Crippen molar-refractivity contribution in [3.63, 3.8) is 0 Å². The van der Waals surface area contributed by atoms with Gasteiger partial charge in [-0.05, 0) is 40.9 Å². The van der Waals surface area contributed by atoms with Crippen molar-refractivity contribution in [1.29, 1.82) is 0 Å². The van der Waals surface area contributed by atoms with E-state index < -0.39 is 0 Å². The Balaban J connectivity index is 1.64. The van der Waals surface area contributed by atoms with Crippen LogP contribution >= 0.6 is 15.9 Å². The number of carbonyl (C=O) groups is 1. The lowest BCUT2D eigenvalue weighted by Crippen LogP contribution is -2.61. The van der Waals surface area contributed by atoms with Crippen molar-refractivity contribution in [2.45, 2.75) is 19.8 Å². The third kappa shape index (κ3) is 2.32. The van der Waals surface area contributed by atoms with Crippen LogP contribution in [-0.4, -0.2) is 37.0 Å². The third-order valence-electron chi connectivity index (χ3n) is 4.59. The number of nitrogens with zero attached hydrogens (tertiary/aromatic N) is 2. The van der Waals surface area contributed by atoms with Gasteiger partial charge < -0.3 is 9.80 Å². The average molecular weight is 341 g/mol. The first-order valence-corrected chi connectivity index (χ1v) is 7.75. The summed E-state index contributed by atoms with van der Waals surface area (Å²) in [7, 11) is 0. The largest absolute Gasteiger partial charge is 0.368 e. The van der Waals surface area contributed by atoms with E-state index in [2.05, 4.69) is 20.8 Å². The van der Waals surface area contributed by atoms with Gasteiger partial charge in [-0.25, -0.2) is 4.39 Å². The van der Waals surface area contributed by atoms with Gasteiger partial charge in [0.05, 0.1) is 10.2 Å². The molecule has 2 aliphatic rings. The summed E-state index contributed by atoms with van der Waals surface area (Å²) in [5.41, 5.74) is 0.958. The average Bonchev–Trinajstić information content (AvgIpc) is 2.39. The van der Waals surface area contributed by atoms with Crippen molar-refractivity contribution >= 4 is 27.5 Å². The molecule has 1 aromatic rings. The number of hydrogen-bond donors (Lipinski definition) is 0. The lowest BCUT2D eigenvalue weighted by atomic mass is 9.71. The van der Waals surface area contributed by atoms with Crippen LogP contribution in [0.3, 0.4) is 0 Å². The number of anilines is 1. The normalized spacial score (nSPS) is 20.9. The van der Waals surface area contributed by atoms with Crippen molar-refractivity contribution in [3.8, 4) is 0 Å². The second-order valence-electron chi connectivity index (χ2n) is 5.94. The predicted molar refractivity (Wildman–Crippen MR) is 80.2 cm³/mol. The number of benzene rings is 1. The van der Waals surface area contributed by atoms with Crippen molar-refractivity contribution in [2.24, 2.45) is 5.41 Å². The molecule has 108 valence electrons. The topological polar surface area (TPSA) is 23.6 Å². The zero-order valence-electron chi connectivity index (χ0n) is 11.5. The third-order valence-corrected chi connectivity index (χ3v) is 5.21. The molecule has 3 nitrogen and oxygen atoms in total. The smallest absolute Gasteiger partial charge is 0.219 e. The minimum atomic E-state index is -0.177. The summed E-state index contributed by atoms with van der Waals surface area (Å²) in [6.07, 6.45) is 2.05. The molecule has 1 spiro atoms. The molecule has 0 saturated carbocycles. The summed E-state index contributed by atoms with van der Waals surface area (Å²) in [6, 6.07) is 5.42. The number of halogens is 2. The Morgan fingerprint density at radius 3 is 2.55 bits per heavy atom. The first-order chi connectivity index (χ1) is 9.51. The van der Waals surface area contributed by atoms with E-state index in [9.17, 15) is 9.18 Å². The van der Waals surface area contributed by atoms with Crippen LogP contribution in [0.2, 0.25) is 0 Å². The van der Waals surface area contributed by atoms with E-state index in [1.807, 2.05) is 17.0 Å². The number of amides is 1. The van der Waals surface area contributed by atoms with Crippen molar-refractivity contribution in [1.82, 2.24) is 4.90 Å². The Labute approximate surface area is 126 Å². The highest BCUT2D eigenvalue weighted by Crippen LogP contribution is 2.43. The predicted octanol–water partition coefficient (Wildman–Crippen LogP) is 3.04. The van der Waals surface area contributed by atoms with Gasteiger partial charge in [0.2, 0.25) is 5.91 Å². The molecule has 2 heterocycles. The number of piperidine rings is 1. The standard InChI is InChI=1S/C15H18BrFN2O/c1-11(20)18-7-5-15(6-8-18)9-19(10-15)13-4-2-3-12(16)14(13)17/h2-4H,5-10H2,1H3. The lowest BCUT2D eigenvalue weighted by Gasteiger charge is -2.55. The number of carbonyl (C=O) groups excluding carboxylic acids is 1. The van der Waals surface area contributed by atoms with E-state index in [0.29, 0.717) is 10.2 Å². The molecule has 0 aliphatic carbocycles. The highest BCUT2D eigenvalue weighted by molar-refractivity contribution is 9.10. The van der Waals surface area contributed by atoms with E-state index in [-0.39, 0.29) is 17.1 Å². The van der Waals surface area contributed by atoms with Crippen LogP contribution < -0.4 is 4.90 Å². The summed E-state index contributed by atoms with van der Waals surface area (Å²) in [5.74, 6) is -0.0161. The molecule has 0 aromatic heterocycles. The highest BCUT2D eigenvalue weighted by Gasteiger charge is 2.45. The monoisotopic (exact) mass is 340 g/mol. The summed E-state index contributed by atoms with van der Waals surface area (Å²) >= 11 is 3.23. The molecule has 2 saturated heterocycles. The minimum Gasteiger partial charge on any atom is -0.368 e. The Bertz CT molecular complexity index is 533. The van der Waals surface area contributed by atoms with Crippen LogP contribution in [0, 0.1) is 11.2 Å². The molecule has 5 heteroatoms. The fraction of sp³-hybridized carbons (Fsp3) is 0.533. The van der Waals surface area contributed by atoms with Gasteiger partial charge in [-0.3, -0.25) is 4.79 Å². The van der Waals surface area contributed by atoms with Crippen LogP contribution in [0.4, 0.5) is 10.1 Å². The lowest BCUT2D eigenvalue weighted by molar-refractivity contribution is -0.131. The number of rotatable bonds is 1. The molecule has 0 unspecified atom stereocenters. The van der Waals surface area contributed by atoms with Gasteiger partial charge in [-0.15, -0.1) is 0 Å². The van der Waals surface area contributed by atoms with E-state index in [4.69, 9.17) is 0 Å². The molecule has 1 aromatic carbocycles. The molecular weight excluding hydrogens is 323 g/mol. The molecule has 3 rings (SSSR count). The van der Waals surface area contributed by atoms with Gasteiger partial charge in [-0.1, -0.05) is 6.07 Å². The van der Waals surface area contributed by atoms with Gasteiger partial charge in [0.25, 0.3) is 0 Å². The maximum Gasteiger partial charge on any atom is 0.219 e. The Kier molecular flexibility index (Phi) is 3.48. The van der Waals surface area contributed by atoms with E-state index in [0.717, 1.165) is 39.0 Å². The highest BCUT2D eigenvalue weighted by atomic mass is 79.9. The van der Waals surface area contributed by atoms with Gasteiger partial charge in [0.1, 0.15) is 0 Å². The van der Waals surface area contributed by atoms with Gasteiger partial charge in [-0.2, -0.15) is 0 Å². The molecule has 2 fully saturated rings. The Morgan fingerprint density at radius 2 is 1.95 bits per heavy atom. The zero-order chi connectivity index (χ0) is 14.3. The zero-order valence-corrected chi connectivity index (χ0v) is 13.1. The Morgan fingerprint density at radius 1 is 1.30 bits per heavy atom. The summed E-state index contributed by atoms with van der Waals surface area (Å²) in [5, 5.41) is 0. The molecule has 0 atom stereocenters. The van der Waals surface area contributed by atoms with Crippen molar-refractivity contribution in [3.05, 3.63) is 28.5 Å². The van der Waals surface area contributed by atoms with Crippen LogP contribution in [0.25, 0.3) is 0 Å². The second-order valence-corrected chi connectivity index (χ2v) is 6.79. The molecule has 0 radical (unpaired) electrons. The molecule has 0 bridgehead atoms. The molecule has 0 N–H and O–H groups in total. The fourth-order valence-electron chi connectivity index (χ4n) is 3.28. The van der Waals surface area contributed by atoms with Crippen LogP contribution in [0.1, 0.15) is 19.8 Å². The summed E-state index contributed by atoms with van der Waals surface area (Å²) in [6.45, 7) is 5.09. The number of likely N-dealkylation sites (tertiary alicyclic amines) is 1. The first kappa shape index (κ1) is 13.9. The second kappa shape index (κ2) is 5.02. The quantitative estimate of drug-likeness (QED) is 0.784. The first-order valence-electron chi connectivity index (χ1n) is 6.95. The number of hydrogen-bond acceptors (Lipinski definition) is 2. The molecule has 1 amide bonds. The SMILES string of the molecule is CC(=O)N1CCC2(CC1)CN(c1cccc(Br)c1F)C2. The maximum atomic E-state index is 14.1. The molecular formula is C15H18BrFN2O. The molecule has 2 aliphatic heterocycles. The molecule has 20 heavy (non-hydrogen) atoms. The van der Waals surface area contributed by atoms with Crippen molar-refractivity contribution < 1.29 is 9.18 Å². The van der Waals surface area contributed by atoms with Crippen LogP contribution in [-0.2, 0) is 4.79 Å². The van der Waals surface area contributed by atoms with Gasteiger partial charge in [0.15, 0.2) is 5.82 Å². The maximum absolute atomic E-state index is 14.1. The van der Waals surface area contributed by atoms with Crippen LogP contribution in [0.15, 0.2) is 22.7 Å². The fourth-order valence-corrected chi connectivity index (χ4v) is 3.64. The summed E-state index contributed by atoms with van der Waals surface area (Å²) < 4.78 is 14.6. The van der Waals surface area contributed by atoms with Gasteiger partial charge >= 0.3 is 0 Å². The van der Waals surface area contributed by atoms with Crippen molar-refractivity contribution in [2.75, 3.05) is 31.1 Å². The van der Waals surface area contributed by atoms with E-state index in [1.165, 1.54) is 0 Å². The van der Waals surface area contributed by atoms with E-state index in [1.54, 1.807) is 13.0 Å². The van der Waals surface area contributed by atoms with Gasteiger partial charge in [0, 0.05) is 38.5 Å². The summed E-state index contributed by atoms with van der Waals surface area (Å²) in [4.78, 5) is 15.4. The van der Waals surface area contributed by atoms with E-state index >= 15 is 0 Å². The van der Waals surface area contributed by atoms with Crippen LogP contribution in [0.5, 0.6) is 0 Å². The Hall–Kier alpha value is -1.10.